The Morgan fingerprint density at radius 3 is 2.63 bits per heavy atom. The van der Waals surface area contributed by atoms with Gasteiger partial charge in [-0.25, -0.2) is 0 Å². The van der Waals surface area contributed by atoms with E-state index in [0.717, 1.165) is 32.8 Å². The van der Waals surface area contributed by atoms with Crippen molar-refractivity contribution in [2.24, 2.45) is 0 Å². The van der Waals surface area contributed by atoms with Gasteiger partial charge in [-0.15, -0.1) is 0 Å². The Kier molecular flexibility index (Phi) is 5.63. The molecule has 0 aromatic carbocycles. The van der Waals surface area contributed by atoms with E-state index in [1.165, 1.54) is 32.5 Å². The van der Waals surface area contributed by atoms with Crippen LogP contribution in [0.25, 0.3) is 0 Å². The zero-order chi connectivity index (χ0) is 13.7. The fourth-order valence-electron chi connectivity index (χ4n) is 3.45. The molecule has 19 heavy (non-hydrogen) atoms. The lowest BCUT2D eigenvalue weighted by Crippen LogP contribution is -2.58. The predicted octanol–water partition coefficient (Wildman–Crippen LogP) is 1.17. The first-order valence-electron chi connectivity index (χ1n) is 7.91. The lowest BCUT2D eigenvalue weighted by atomic mass is 9.98. The third-order valence-corrected chi connectivity index (χ3v) is 4.45. The second-order valence-corrected chi connectivity index (χ2v) is 6.50. The van der Waals surface area contributed by atoms with E-state index < -0.39 is 0 Å². The summed E-state index contributed by atoms with van der Waals surface area (Å²) in [4.78, 5) is 5.24. The van der Waals surface area contributed by atoms with Gasteiger partial charge in [-0.3, -0.25) is 9.80 Å². The van der Waals surface area contributed by atoms with Gasteiger partial charge in [0.2, 0.25) is 0 Å². The Morgan fingerprint density at radius 1 is 1.21 bits per heavy atom. The van der Waals surface area contributed by atoms with E-state index in [1.54, 1.807) is 0 Å². The number of hydrogen-bond donors (Lipinski definition) is 1. The van der Waals surface area contributed by atoms with E-state index in [-0.39, 0.29) is 5.54 Å². The van der Waals surface area contributed by atoms with Gasteiger partial charge in [0.25, 0.3) is 0 Å². The van der Waals surface area contributed by atoms with Crippen molar-refractivity contribution in [3.05, 3.63) is 0 Å². The van der Waals surface area contributed by atoms with Gasteiger partial charge in [-0.2, -0.15) is 0 Å². The van der Waals surface area contributed by atoms with Crippen LogP contribution in [-0.2, 0) is 4.74 Å². The zero-order valence-electron chi connectivity index (χ0n) is 13.0. The molecule has 2 rings (SSSR count). The third kappa shape index (κ3) is 4.42. The lowest BCUT2D eigenvalue weighted by Gasteiger charge is -2.45. The molecule has 4 nitrogen and oxygen atoms in total. The zero-order valence-corrected chi connectivity index (χ0v) is 13.0. The molecular formula is C15H31N3O. The molecule has 1 atom stereocenters. The summed E-state index contributed by atoms with van der Waals surface area (Å²) < 4.78 is 5.81. The highest BCUT2D eigenvalue weighted by molar-refractivity contribution is 4.89. The summed E-state index contributed by atoms with van der Waals surface area (Å²) >= 11 is 0. The van der Waals surface area contributed by atoms with Crippen molar-refractivity contribution in [1.29, 1.82) is 0 Å². The van der Waals surface area contributed by atoms with Crippen molar-refractivity contribution in [2.45, 2.75) is 45.3 Å². The summed E-state index contributed by atoms with van der Waals surface area (Å²) in [5.74, 6) is 0. The Hall–Kier alpha value is -0.160. The van der Waals surface area contributed by atoms with Crippen molar-refractivity contribution in [2.75, 3.05) is 52.4 Å². The maximum Gasteiger partial charge on any atom is 0.0702 e. The van der Waals surface area contributed by atoms with E-state index in [0.29, 0.717) is 6.10 Å². The van der Waals surface area contributed by atoms with E-state index in [9.17, 15) is 0 Å². The number of nitrogens with zero attached hydrogens (tertiary/aromatic N) is 2. The molecule has 2 aliphatic rings. The molecular weight excluding hydrogens is 238 g/mol. The van der Waals surface area contributed by atoms with Crippen LogP contribution in [0.3, 0.4) is 0 Å². The Balaban J connectivity index is 1.84. The standard InChI is InChI=1S/C15H31N3O/c1-4-19-14-6-5-9-17(12-14)13-15(2,3)18-10-7-16-8-11-18/h14,16H,4-13H2,1-3H3. The number of rotatable bonds is 5. The minimum Gasteiger partial charge on any atom is -0.377 e. The molecule has 1 unspecified atom stereocenters. The quantitative estimate of drug-likeness (QED) is 0.811. The van der Waals surface area contributed by atoms with E-state index in [4.69, 9.17) is 4.74 Å². The van der Waals surface area contributed by atoms with Gasteiger partial charge in [0, 0.05) is 51.4 Å². The fourth-order valence-corrected chi connectivity index (χ4v) is 3.45. The lowest BCUT2D eigenvalue weighted by molar-refractivity contribution is -0.0145. The highest BCUT2D eigenvalue weighted by atomic mass is 16.5. The molecule has 0 spiro atoms. The van der Waals surface area contributed by atoms with Crippen LogP contribution < -0.4 is 5.32 Å². The first kappa shape index (κ1) is 15.2. The van der Waals surface area contributed by atoms with Crippen LogP contribution in [0.15, 0.2) is 0 Å². The first-order valence-corrected chi connectivity index (χ1v) is 7.91. The van der Waals surface area contributed by atoms with Crippen LogP contribution in [0.2, 0.25) is 0 Å². The predicted molar refractivity (Wildman–Crippen MR) is 79.6 cm³/mol. The molecule has 0 radical (unpaired) electrons. The highest BCUT2D eigenvalue weighted by Crippen LogP contribution is 2.20. The topological polar surface area (TPSA) is 27.7 Å². The van der Waals surface area contributed by atoms with Gasteiger partial charge in [0.05, 0.1) is 6.10 Å². The molecule has 0 aromatic heterocycles. The Morgan fingerprint density at radius 2 is 1.95 bits per heavy atom. The van der Waals surface area contributed by atoms with Gasteiger partial charge in [0.15, 0.2) is 0 Å². The minimum atomic E-state index is 0.274. The smallest absolute Gasteiger partial charge is 0.0702 e. The molecule has 2 heterocycles. The number of piperazine rings is 1. The summed E-state index contributed by atoms with van der Waals surface area (Å²) in [5, 5.41) is 3.44. The van der Waals surface area contributed by atoms with Crippen molar-refractivity contribution in [3.63, 3.8) is 0 Å². The maximum absolute atomic E-state index is 5.81. The SMILES string of the molecule is CCOC1CCCN(CC(C)(C)N2CCNCC2)C1. The van der Waals surface area contributed by atoms with E-state index in [2.05, 4.69) is 35.9 Å². The van der Waals surface area contributed by atoms with E-state index in [1.807, 2.05) is 0 Å². The van der Waals surface area contributed by atoms with Crippen molar-refractivity contribution in [3.8, 4) is 0 Å². The van der Waals surface area contributed by atoms with Crippen LogP contribution in [0, 0.1) is 0 Å². The number of likely N-dealkylation sites (tertiary alicyclic amines) is 1. The average Bonchev–Trinajstić information content (AvgIpc) is 2.40. The molecule has 2 saturated heterocycles. The Bertz CT molecular complexity index is 262. The summed E-state index contributed by atoms with van der Waals surface area (Å²) in [6.07, 6.45) is 2.97. The first-order chi connectivity index (χ1) is 9.12. The minimum absolute atomic E-state index is 0.274. The summed E-state index contributed by atoms with van der Waals surface area (Å²) in [6, 6.07) is 0. The van der Waals surface area contributed by atoms with Crippen LogP contribution in [0.1, 0.15) is 33.6 Å². The van der Waals surface area contributed by atoms with Gasteiger partial charge in [-0.05, 0) is 40.2 Å². The van der Waals surface area contributed by atoms with Crippen LogP contribution in [-0.4, -0.2) is 73.9 Å². The van der Waals surface area contributed by atoms with Gasteiger partial charge in [0.1, 0.15) is 0 Å². The molecule has 2 fully saturated rings. The van der Waals surface area contributed by atoms with Crippen LogP contribution in [0.4, 0.5) is 0 Å². The Labute approximate surface area is 118 Å². The molecule has 1 N–H and O–H groups in total. The number of nitrogens with one attached hydrogen (secondary N) is 1. The molecule has 112 valence electrons. The largest absolute Gasteiger partial charge is 0.377 e. The number of ether oxygens (including phenoxy) is 1. The third-order valence-electron chi connectivity index (χ3n) is 4.45. The molecule has 0 aromatic rings. The monoisotopic (exact) mass is 269 g/mol. The second kappa shape index (κ2) is 7.02. The maximum atomic E-state index is 5.81. The van der Waals surface area contributed by atoms with Crippen molar-refractivity contribution >= 4 is 0 Å². The summed E-state index contributed by atoms with van der Waals surface area (Å²) in [5.41, 5.74) is 0.274. The second-order valence-electron chi connectivity index (χ2n) is 6.50. The van der Waals surface area contributed by atoms with E-state index >= 15 is 0 Å². The van der Waals surface area contributed by atoms with Crippen LogP contribution in [0.5, 0.6) is 0 Å². The number of piperidine rings is 1. The van der Waals surface area contributed by atoms with Gasteiger partial charge < -0.3 is 10.1 Å². The summed E-state index contributed by atoms with van der Waals surface area (Å²) in [6.45, 7) is 15.9. The van der Waals surface area contributed by atoms with Gasteiger partial charge >= 0.3 is 0 Å². The molecule has 0 bridgehead atoms. The fraction of sp³-hybridized carbons (Fsp3) is 1.00. The molecule has 0 aliphatic carbocycles. The highest BCUT2D eigenvalue weighted by Gasteiger charge is 2.31. The van der Waals surface area contributed by atoms with Crippen molar-refractivity contribution in [1.82, 2.24) is 15.1 Å². The molecule has 4 heteroatoms. The molecule has 0 amide bonds. The van der Waals surface area contributed by atoms with Crippen molar-refractivity contribution < 1.29 is 4.74 Å². The summed E-state index contributed by atoms with van der Waals surface area (Å²) in [7, 11) is 0. The molecule has 0 saturated carbocycles. The normalized spacial score (nSPS) is 27.6. The van der Waals surface area contributed by atoms with Crippen LogP contribution >= 0.6 is 0 Å². The number of hydrogen-bond acceptors (Lipinski definition) is 4. The van der Waals surface area contributed by atoms with Gasteiger partial charge in [-0.1, -0.05) is 0 Å². The average molecular weight is 269 g/mol. The molecule has 2 aliphatic heterocycles.